The minimum atomic E-state index is -0.512. The Kier molecular flexibility index (Phi) is 5.18. The minimum Gasteiger partial charge on any atom is -0.368 e. The second kappa shape index (κ2) is 7.56. The van der Waals surface area contributed by atoms with Crippen LogP contribution in [0, 0.1) is 5.92 Å². The fourth-order valence-corrected chi connectivity index (χ4v) is 5.15. The van der Waals surface area contributed by atoms with E-state index in [0.717, 1.165) is 43.0 Å². The Morgan fingerprint density at radius 3 is 2.92 bits per heavy atom. The first-order valence-electron chi connectivity index (χ1n) is 9.58. The molecule has 1 amide bonds. The molecule has 4 N–H and O–H groups in total. The molecule has 0 unspecified atom stereocenters. The van der Waals surface area contributed by atoms with Crippen molar-refractivity contribution in [2.24, 2.45) is 11.7 Å². The van der Waals surface area contributed by atoms with Crippen LogP contribution in [0.4, 0.5) is 5.69 Å². The average molecular weight is 420 g/mol. The zero-order valence-electron chi connectivity index (χ0n) is 14.9. The first-order chi connectivity index (χ1) is 12.6. The quantitative estimate of drug-likeness (QED) is 0.694. The lowest BCUT2D eigenvalue weighted by molar-refractivity contribution is 0.0995. The number of nitrogens with two attached hydrogens (primary N) is 1. The van der Waals surface area contributed by atoms with Crippen molar-refractivity contribution in [1.29, 1.82) is 0 Å². The average Bonchev–Trinajstić information content (AvgIpc) is 3.31. The normalized spacial score (nSPS) is 21.6. The lowest BCUT2D eigenvalue weighted by Gasteiger charge is -2.36. The van der Waals surface area contributed by atoms with Gasteiger partial charge in [0.15, 0.2) is 0 Å². The molecule has 0 radical (unpaired) electrons. The largest absolute Gasteiger partial charge is 0.368 e. The number of pyridine rings is 1. The van der Waals surface area contributed by atoms with E-state index >= 15 is 0 Å². The number of nitrogens with zero attached hydrogens (tertiary/aromatic N) is 2. The maximum atomic E-state index is 11.8. The second-order valence-corrected chi connectivity index (χ2v) is 8.36. The zero-order valence-corrected chi connectivity index (χ0v) is 16.5. The Labute approximate surface area is 162 Å². The highest BCUT2D eigenvalue weighted by atomic mass is 79.9. The smallest absolute Gasteiger partial charge is 0.268 e. The van der Waals surface area contributed by atoms with Crippen LogP contribution in [0.15, 0.2) is 16.7 Å². The molecule has 0 bridgehead atoms. The van der Waals surface area contributed by atoms with E-state index in [-0.39, 0.29) is 5.69 Å². The van der Waals surface area contributed by atoms with Gasteiger partial charge in [0.25, 0.3) is 5.91 Å². The number of H-pyrrole nitrogens is 1. The molecular formula is C19H26BrN5O. The Balaban J connectivity index is 1.57. The van der Waals surface area contributed by atoms with E-state index in [2.05, 4.69) is 36.1 Å². The van der Waals surface area contributed by atoms with Crippen LogP contribution in [-0.2, 0) is 0 Å². The van der Waals surface area contributed by atoms with Crippen LogP contribution >= 0.6 is 15.9 Å². The number of anilines is 1. The summed E-state index contributed by atoms with van der Waals surface area (Å²) < 4.78 is 0.702. The molecule has 1 aliphatic heterocycles. The van der Waals surface area contributed by atoms with Gasteiger partial charge in [-0.15, -0.1) is 0 Å². The highest BCUT2D eigenvalue weighted by Crippen LogP contribution is 2.37. The monoisotopic (exact) mass is 419 g/mol. The summed E-state index contributed by atoms with van der Waals surface area (Å²) in [6.07, 6.45) is 9.69. The third-order valence-electron chi connectivity index (χ3n) is 5.76. The molecule has 26 heavy (non-hydrogen) atoms. The molecule has 2 aromatic rings. The molecule has 7 heteroatoms. The molecule has 0 aromatic carbocycles. The third-order valence-corrected chi connectivity index (χ3v) is 6.51. The maximum absolute atomic E-state index is 11.8. The van der Waals surface area contributed by atoms with Gasteiger partial charge in [0.05, 0.1) is 10.2 Å². The zero-order chi connectivity index (χ0) is 18.1. The van der Waals surface area contributed by atoms with Crippen molar-refractivity contribution < 1.29 is 4.79 Å². The number of hydrogen-bond donors (Lipinski definition) is 3. The minimum absolute atomic E-state index is 0.288. The van der Waals surface area contributed by atoms with Gasteiger partial charge < -0.3 is 20.9 Å². The van der Waals surface area contributed by atoms with Gasteiger partial charge in [0.1, 0.15) is 11.3 Å². The Bertz CT molecular complexity index is 799. The van der Waals surface area contributed by atoms with Crippen LogP contribution in [0.2, 0.25) is 0 Å². The number of aromatic amines is 1. The van der Waals surface area contributed by atoms with Gasteiger partial charge in [-0.05, 0) is 60.1 Å². The standard InChI is InChI=1S/C19H26BrN5O/c20-15-16(18(21)26)24-19-14(7-8-22-19)17(15)25-9-3-6-13(11-25)23-10-12-4-1-2-5-12/h7-8,12-13,23H,1-6,9-11H2,(H2,21,26)(H,22,24)/t13-/m1/s1. The third kappa shape index (κ3) is 3.47. The predicted molar refractivity (Wildman–Crippen MR) is 108 cm³/mol. The van der Waals surface area contributed by atoms with Crippen LogP contribution in [0.5, 0.6) is 0 Å². The number of carbonyl (C=O) groups is 1. The van der Waals surface area contributed by atoms with Crippen molar-refractivity contribution in [1.82, 2.24) is 15.3 Å². The molecule has 1 atom stereocenters. The number of halogens is 1. The number of fused-ring (bicyclic) bond motifs is 1. The summed E-state index contributed by atoms with van der Waals surface area (Å²) in [4.78, 5) is 21.7. The number of hydrogen-bond acceptors (Lipinski definition) is 4. The van der Waals surface area contributed by atoms with Crippen LogP contribution < -0.4 is 16.0 Å². The first kappa shape index (κ1) is 17.8. The van der Waals surface area contributed by atoms with E-state index in [4.69, 9.17) is 5.73 Å². The molecule has 3 heterocycles. The Morgan fingerprint density at radius 2 is 2.15 bits per heavy atom. The maximum Gasteiger partial charge on any atom is 0.268 e. The van der Waals surface area contributed by atoms with Gasteiger partial charge in [-0.2, -0.15) is 0 Å². The van der Waals surface area contributed by atoms with Gasteiger partial charge >= 0.3 is 0 Å². The summed E-state index contributed by atoms with van der Waals surface area (Å²) >= 11 is 3.60. The highest BCUT2D eigenvalue weighted by molar-refractivity contribution is 9.10. The second-order valence-electron chi connectivity index (χ2n) is 7.57. The summed E-state index contributed by atoms with van der Waals surface area (Å²) in [6.45, 7) is 3.04. The lowest BCUT2D eigenvalue weighted by atomic mass is 10.0. The first-order valence-corrected chi connectivity index (χ1v) is 10.4. The number of aromatic nitrogens is 2. The van der Waals surface area contributed by atoms with Crippen molar-refractivity contribution in [3.05, 3.63) is 22.4 Å². The lowest BCUT2D eigenvalue weighted by Crippen LogP contribution is -2.47. The van der Waals surface area contributed by atoms with Gasteiger partial charge in [-0.1, -0.05) is 12.8 Å². The van der Waals surface area contributed by atoms with Gasteiger partial charge in [0, 0.05) is 30.7 Å². The van der Waals surface area contributed by atoms with E-state index in [1.807, 2.05) is 12.3 Å². The molecule has 2 aliphatic rings. The summed E-state index contributed by atoms with van der Waals surface area (Å²) in [5.74, 6) is 0.332. The summed E-state index contributed by atoms with van der Waals surface area (Å²) in [5.41, 5.74) is 7.56. The van der Waals surface area contributed by atoms with E-state index in [9.17, 15) is 4.79 Å². The number of carbonyl (C=O) groups excluding carboxylic acids is 1. The molecule has 0 spiro atoms. The Morgan fingerprint density at radius 1 is 1.35 bits per heavy atom. The van der Waals surface area contributed by atoms with Crippen LogP contribution in [0.1, 0.15) is 49.0 Å². The topological polar surface area (TPSA) is 87.0 Å². The van der Waals surface area contributed by atoms with Crippen LogP contribution in [0.25, 0.3) is 11.0 Å². The van der Waals surface area contributed by atoms with Gasteiger partial charge in [-0.3, -0.25) is 4.79 Å². The number of amides is 1. The molecule has 4 rings (SSSR count). The molecule has 1 aliphatic carbocycles. The van der Waals surface area contributed by atoms with Crippen molar-refractivity contribution in [3.63, 3.8) is 0 Å². The summed E-state index contributed by atoms with van der Waals surface area (Å²) in [5, 5.41) is 4.82. The van der Waals surface area contributed by atoms with Gasteiger partial charge in [-0.25, -0.2) is 4.98 Å². The van der Waals surface area contributed by atoms with Crippen molar-refractivity contribution in [2.75, 3.05) is 24.5 Å². The molecule has 140 valence electrons. The van der Waals surface area contributed by atoms with Crippen molar-refractivity contribution >= 4 is 38.6 Å². The van der Waals surface area contributed by atoms with Crippen LogP contribution in [-0.4, -0.2) is 41.6 Å². The predicted octanol–water partition coefficient (Wildman–Crippen LogP) is 3.17. The number of nitrogens with one attached hydrogen (secondary N) is 2. The highest BCUT2D eigenvalue weighted by Gasteiger charge is 2.27. The molecule has 2 aromatic heterocycles. The van der Waals surface area contributed by atoms with E-state index in [0.29, 0.717) is 16.2 Å². The van der Waals surface area contributed by atoms with Crippen molar-refractivity contribution in [2.45, 2.75) is 44.6 Å². The molecule has 1 saturated heterocycles. The SMILES string of the molecule is NC(=O)c1nc2[nH]ccc2c(N2CCC[C@@H](NCC3CCCC3)C2)c1Br. The van der Waals surface area contributed by atoms with Gasteiger partial charge in [0.2, 0.25) is 0 Å². The molecule has 1 saturated carbocycles. The number of piperidine rings is 1. The molecule has 2 fully saturated rings. The number of primary amides is 1. The van der Waals surface area contributed by atoms with Crippen LogP contribution in [0.3, 0.4) is 0 Å². The fraction of sp³-hybridized carbons (Fsp3) is 0.579. The number of rotatable bonds is 5. The van der Waals surface area contributed by atoms with E-state index in [1.54, 1.807) is 0 Å². The molecular weight excluding hydrogens is 394 g/mol. The Hall–Kier alpha value is -1.60. The van der Waals surface area contributed by atoms with E-state index < -0.39 is 5.91 Å². The van der Waals surface area contributed by atoms with Crippen molar-refractivity contribution in [3.8, 4) is 0 Å². The van der Waals surface area contributed by atoms with E-state index in [1.165, 1.54) is 32.1 Å². The fourth-order valence-electron chi connectivity index (χ4n) is 4.40. The summed E-state index contributed by atoms with van der Waals surface area (Å²) in [7, 11) is 0. The summed E-state index contributed by atoms with van der Waals surface area (Å²) in [6, 6.07) is 2.50. The molecule has 6 nitrogen and oxygen atoms in total.